The second-order valence-corrected chi connectivity index (χ2v) is 4.81. The number of nitrogens with one attached hydrogen (secondary N) is 1. The topological polar surface area (TPSA) is 32.3 Å². The second kappa shape index (κ2) is 6.04. The molecule has 2 nitrogen and oxygen atoms in total. The third-order valence-corrected chi connectivity index (χ3v) is 3.20. The van der Waals surface area contributed by atoms with Gasteiger partial charge in [-0.3, -0.25) is 0 Å². The summed E-state index contributed by atoms with van der Waals surface area (Å²) in [5.74, 6) is -0.410. The van der Waals surface area contributed by atoms with Crippen molar-refractivity contribution in [1.82, 2.24) is 0 Å². The second-order valence-electron chi connectivity index (χ2n) is 4.40. The van der Waals surface area contributed by atoms with Gasteiger partial charge in [0, 0.05) is 12.1 Å². The SMILES string of the molecule is Cc1ccc(Cl)c(NCC(O)c2ccccc2F)c1. The van der Waals surface area contributed by atoms with Gasteiger partial charge in [0.15, 0.2) is 0 Å². The van der Waals surface area contributed by atoms with Gasteiger partial charge in [-0.1, -0.05) is 35.9 Å². The van der Waals surface area contributed by atoms with E-state index in [1.54, 1.807) is 24.3 Å². The maximum absolute atomic E-state index is 13.5. The normalized spacial score (nSPS) is 12.2. The Labute approximate surface area is 116 Å². The third kappa shape index (κ3) is 3.46. The smallest absolute Gasteiger partial charge is 0.129 e. The quantitative estimate of drug-likeness (QED) is 0.889. The van der Waals surface area contributed by atoms with E-state index in [0.29, 0.717) is 5.02 Å². The zero-order valence-electron chi connectivity index (χ0n) is 10.5. The van der Waals surface area contributed by atoms with Gasteiger partial charge in [0.25, 0.3) is 0 Å². The van der Waals surface area contributed by atoms with Crippen molar-refractivity contribution in [3.8, 4) is 0 Å². The Morgan fingerprint density at radius 1 is 1.26 bits per heavy atom. The summed E-state index contributed by atoms with van der Waals surface area (Å²) in [5.41, 5.74) is 2.07. The minimum atomic E-state index is -0.919. The molecule has 0 fully saturated rings. The van der Waals surface area contributed by atoms with Crippen LogP contribution in [0.25, 0.3) is 0 Å². The molecule has 2 aromatic rings. The van der Waals surface area contributed by atoms with Crippen LogP contribution in [0.3, 0.4) is 0 Å². The van der Waals surface area contributed by atoms with Crippen LogP contribution in [0.4, 0.5) is 10.1 Å². The third-order valence-electron chi connectivity index (χ3n) is 2.87. The van der Waals surface area contributed by atoms with Gasteiger partial charge in [0.2, 0.25) is 0 Å². The van der Waals surface area contributed by atoms with Gasteiger partial charge in [-0.25, -0.2) is 4.39 Å². The van der Waals surface area contributed by atoms with E-state index in [-0.39, 0.29) is 12.1 Å². The van der Waals surface area contributed by atoms with Crippen molar-refractivity contribution in [2.45, 2.75) is 13.0 Å². The summed E-state index contributed by atoms with van der Waals surface area (Å²) >= 11 is 6.04. The lowest BCUT2D eigenvalue weighted by atomic mass is 10.1. The molecular weight excluding hydrogens is 265 g/mol. The highest BCUT2D eigenvalue weighted by Crippen LogP contribution is 2.24. The Morgan fingerprint density at radius 2 is 2.00 bits per heavy atom. The van der Waals surface area contributed by atoms with Crippen LogP contribution in [0, 0.1) is 12.7 Å². The summed E-state index contributed by atoms with van der Waals surface area (Å²) in [7, 11) is 0. The predicted molar refractivity (Wildman–Crippen MR) is 76.0 cm³/mol. The van der Waals surface area contributed by atoms with E-state index in [1.807, 2.05) is 19.1 Å². The van der Waals surface area contributed by atoms with Crippen LogP contribution < -0.4 is 5.32 Å². The van der Waals surface area contributed by atoms with Crippen molar-refractivity contribution in [2.24, 2.45) is 0 Å². The van der Waals surface area contributed by atoms with Gasteiger partial charge < -0.3 is 10.4 Å². The molecule has 0 aliphatic rings. The molecule has 100 valence electrons. The lowest BCUT2D eigenvalue weighted by molar-refractivity contribution is 0.186. The summed E-state index contributed by atoms with van der Waals surface area (Å²) in [6.45, 7) is 2.15. The Hall–Kier alpha value is -1.58. The van der Waals surface area contributed by atoms with E-state index in [9.17, 15) is 9.50 Å². The van der Waals surface area contributed by atoms with Gasteiger partial charge in [0.05, 0.1) is 16.8 Å². The fraction of sp³-hybridized carbons (Fsp3) is 0.200. The van der Waals surface area contributed by atoms with Gasteiger partial charge in [0.1, 0.15) is 5.82 Å². The largest absolute Gasteiger partial charge is 0.386 e. The molecule has 2 N–H and O–H groups in total. The molecule has 2 aromatic carbocycles. The number of rotatable bonds is 4. The van der Waals surface area contributed by atoms with Gasteiger partial charge in [-0.2, -0.15) is 0 Å². The molecule has 0 saturated heterocycles. The minimum Gasteiger partial charge on any atom is -0.386 e. The van der Waals surface area contributed by atoms with Crippen molar-refractivity contribution in [1.29, 1.82) is 0 Å². The predicted octanol–water partition coefficient (Wildman–Crippen LogP) is 3.93. The zero-order valence-corrected chi connectivity index (χ0v) is 11.3. The highest BCUT2D eigenvalue weighted by atomic mass is 35.5. The van der Waals surface area contributed by atoms with E-state index < -0.39 is 11.9 Å². The number of hydrogen-bond donors (Lipinski definition) is 2. The number of benzene rings is 2. The van der Waals surface area contributed by atoms with Crippen LogP contribution in [-0.2, 0) is 0 Å². The number of halogens is 2. The van der Waals surface area contributed by atoms with E-state index in [0.717, 1.165) is 11.3 Å². The minimum absolute atomic E-state index is 0.199. The summed E-state index contributed by atoms with van der Waals surface area (Å²) in [6.07, 6.45) is -0.919. The molecular formula is C15H15ClFNO. The summed E-state index contributed by atoms with van der Waals surface area (Å²) in [4.78, 5) is 0. The average molecular weight is 280 g/mol. The zero-order chi connectivity index (χ0) is 13.8. The first-order chi connectivity index (χ1) is 9.08. The summed E-state index contributed by atoms with van der Waals surface area (Å²) in [5, 5.41) is 13.6. The first-order valence-corrected chi connectivity index (χ1v) is 6.38. The maximum Gasteiger partial charge on any atom is 0.129 e. The Kier molecular flexibility index (Phi) is 4.40. The lowest BCUT2D eigenvalue weighted by Crippen LogP contribution is -2.13. The van der Waals surface area contributed by atoms with Crippen LogP contribution in [0.1, 0.15) is 17.2 Å². The first-order valence-electron chi connectivity index (χ1n) is 6.00. The van der Waals surface area contributed by atoms with Crippen LogP contribution in [-0.4, -0.2) is 11.7 Å². The fourth-order valence-electron chi connectivity index (χ4n) is 1.84. The molecule has 1 unspecified atom stereocenters. The molecule has 1 atom stereocenters. The van der Waals surface area contributed by atoms with Gasteiger partial charge >= 0.3 is 0 Å². The molecule has 0 heterocycles. The molecule has 2 rings (SSSR count). The number of aliphatic hydroxyl groups is 1. The Morgan fingerprint density at radius 3 is 2.74 bits per heavy atom. The van der Waals surface area contributed by atoms with Crippen LogP contribution in [0.5, 0.6) is 0 Å². The molecule has 0 aliphatic heterocycles. The van der Waals surface area contributed by atoms with E-state index in [2.05, 4.69) is 5.32 Å². The Balaban J connectivity index is 2.06. The molecule has 0 saturated carbocycles. The molecule has 4 heteroatoms. The highest BCUT2D eigenvalue weighted by molar-refractivity contribution is 6.33. The fourth-order valence-corrected chi connectivity index (χ4v) is 2.02. The van der Waals surface area contributed by atoms with E-state index >= 15 is 0 Å². The molecule has 0 spiro atoms. The molecule has 0 amide bonds. The summed E-state index contributed by atoms with van der Waals surface area (Å²) in [6, 6.07) is 11.8. The number of hydrogen-bond acceptors (Lipinski definition) is 2. The Bertz CT molecular complexity index is 574. The van der Waals surface area contributed by atoms with Crippen LogP contribution in [0.15, 0.2) is 42.5 Å². The average Bonchev–Trinajstić information content (AvgIpc) is 2.40. The van der Waals surface area contributed by atoms with E-state index in [1.165, 1.54) is 6.07 Å². The standard InChI is InChI=1S/C15H15ClFNO/c1-10-6-7-12(16)14(8-10)18-9-15(19)11-4-2-3-5-13(11)17/h2-8,15,18-19H,9H2,1H3. The number of anilines is 1. The van der Waals surface area contributed by atoms with Crippen molar-refractivity contribution in [3.63, 3.8) is 0 Å². The summed E-state index contributed by atoms with van der Waals surface area (Å²) < 4.78 is 13.5. The van der Waals surface area contributed by atoms with Crippen LogP contribution in [0.2, 0.25) is 5.02 Å². The molecule has 0 aliphatic carbocycles. The van der Waals surface area contributed by atoms with Crippen LogP contribution >= 0.6 is 11.6 Å². The van der Waals surface area contributed by atoms with Crippen molar-refractivity contribution < 1.29 is 9.50 Å². The van der Waals surface area contributed by atoms with Gasteiger partial charge in [-0.05, 0) is 30.7 Å². The highest BCUT2D eigenvalue weighted by Gasteiger charge is 2.12. The number of aryl methyl sites for hydroxylation is 1. The maximum atomic E-state index is 13.5. The van der Waals surface area contributed by atoms with Crippen molar-refractivity contribution in [3.05, 3.63) is 64.4 Å². The van der Waals surface area contributed by atoms with Crippen molar-refractivity contribution >= 4 is 17.3 Å². The number of aliphatic hydroxyl groups excluding tert-OH is 1. The van der Waals surface area contributed by atoms with Gasteiger partial charge in [-0.15, -0.1) is 0 Å². The lowest BCUT2D eigenvalue weighted by Gasteiger charge is -2.15. The molecule has 0 aromatic heterocycles. The molecule has 0 radical (unpaired) electrons. The first kappa shape index (κ1) is 13.8. The van der Waals surface area contributed by atoms with Crippen molar-refractivity contribution in [2.75, 3.05) is 11.9 Å². The van der Waals surface area contributed by atoms with E-state index in [4.69, 9.17) is 11.6 Å². The molecule has 0 bridgehead atoms. The molecule has 19 heavy (non-hydrogen) atoms. The monoisotopic (exact) mass is 279 g/mol.